The molecule has 0 saturated carbocycles. The van der Waals surface area contributed by atoms with Gasteiger partial charge in [-0.25, -0.2) is 13.2 Å². The lowest BCUT2D eigenvalue weighted by Gasteiger charge is -2.23. The molecule has 1 atom stereocenters. The summed E-state index contributed by atoms with van der Waals surface area (Å²) in [5.41, 5.74) is 0.826. The number of carbonyl (C=O) groups excluding carboxylic acids is 4. The van der Waals surface area contributed by atoms with Gasteiger partial charge >= 0.3 is 5.97 Å². The van der Waals surface area contributed by atoms with Crippen molar-refractivity contribution >= 4 is 56.7 Å². The number of ether oxygens (including phenoxy) is 1. The van der Waals surface area contributed by atoms with Crippen LogP contribution in [0.5, 0.6) is 0 Å². The number of rotatable bonds is 9. The van der Waals surface area contributed by atoms with E-state index in [1.165, 1.54) is 41.6 Å². The summed E-state index contributed by atoms with van der Waals surface area (Å²) in [5, 5.41) is 2.50. The first-order valence-electron chi connectivity index (χ1n) is 11.9. The van der Waals surface area contributed by atoms with Crippen molar-refractivity contribution in [3.8, 4) is 0 Å². The number of anilines is 2. The van der Waals surface area contributed by atoms with E-state index >= 15 is 0 Å². The van der Waals surface area contributed by atoms with Crippen LogP contribution in [-0.4, -0.2) is 56.2 Å². The third kappa shape index (κ3) is 5.50. The maximum Gasteiger partial charge on any atom is 0.329 e. The second-order valence-corrected chi connectivity index (χ2v) is 10.8. The van der Waals surface area contributed by atoms with Gasteiger partial charge in [-0.3, -0.25) is 23.6 Å². The van der Waals surface area contributed by atoms with Gasteiger partial charge in [0.05, 0.1) is 32.4 Å². The molecule has 1 heterocycles. The van der Waals surface area contributed by atoms with Crippen molar-refractivity contribution in [2.45, 2.75) is 24.8 Å². The van der Waals surface area contributed by atoms with E-state index in [0.717, 1.165) is 4.90 Å². The van der Waals surface area contributed by atoms with Crippen molar-refractivity contribution in [2.75, 3.05) is 22.8 Å². The van der Waals surface area contributed by atoms with Crippen LogP contribution in [0, 0.1) is 0 Å². The van der Waals surface area contributed by atoms with Crippen molar-refractivity contribution in [2.24, 2.45) is 0 Å². The molecule has 3 aromatic rings. The summed E-state index contributed by atoms with van der Waals surface area (Å²) >= 11 is 6.18. The van der Waals surface area contributed by atoms with Gasteiger partial charge in [-0.1, -0.05) is 41.9 Å². The molecule has 0 radical (unpaired) electrons. The number of amides is 3. The Balaban J connectivity index is 1.42. The lowest BCUT2D eigenvalue weighted by molar-refractivity contribution is -0.150. The molecule has 0 fully saturated rings. The van der Waals surface area contributed by atoms with Crippen LogP contribution in [0.15, 0.2) is 77.7 Å². The van der Waals surface area contributed by atoms with Crippen molar-refractivity contribution in [1.29, 1.82) is 0 Å². The van der Waals surface area contributed by atoms with E-state index < -0.39 is 46.4 Å². The van der Waals surface area contributed by atoms with Gasteiger partial charge in [0, 0.05) is 6.54 Å². The predicted octanol–water partition coefficient (Wildman–Crippen LogP) is 3.72. The number of para-hydroxylation sites is 1. The van der Waals surface area contributed by atoms with Crippen molar-refractivity contribution in [3.05, 3.63) is 88.9 Å². The maximum atomic E-state index is 13.3. The molecular weight excluding hydrogens is 546 g/mol. The van der Waals surface area contributed by atoms with Crippen molar-refractivity contribution in [3.63, 3.8) is 0 Å². The molecule has 0 bridgehead atoms. The topological polar surface area (TPSA) is 130 Å². The zero-order valence-electron chi connectivity index (χ0n) is 21.0. The quantitative estimate of drug-likeness (QED) is 0.307. The number of halogens is 1. The summed E-state index contributed by atoms with van der Waals surface area (Å²) in [4.78, 5) is 51.0. The van der Waals surface area contributed by atoms with Crippen LogP contribution in [0.3, 0.4) is 0 Å². The highest BCUT2D eigenvalue weighted by Gasteiger charge is 2.41. The van der Waals surface area contributed by atoms with Crippen LogP contribution in [0.1, 0.15) is 34.6 Å². The Morgan fingerprint density at radius 2 is 1.56 bits per heavy atom. The highest BCUT2D eigenvalue weighted by atomic mass is 35.5. The Bertz CT molecular complexity index is 1530. The molecule has 4 rings (SSSR count). The van der Waals surface area contributed by atoms with Gasteiger partial charge < -0.3 is 10.1 Å². The highest BCUT2D eigenvalue weighted by molar-refractivity contribution is 7.92. The second kappa shape index (κ2) is 11.3. The largest absolute Gasteiger partial charge is 0.454 e. The van der Waals surface area contributed by atoms with Gasteiger partial charge in [-0.2, -0.15) is 0 Å². The van der Waals surface area contributed by atoms with E-state index in [9.17, 15) is 27.6 Å². The fourth-order valence-electron chi connectivity index (χ4n) is 4.08. The number of nitrogens with zero attached hydrogens (tertiary/aromatic N) is 2. The molecule has 1 N–H and O–H groups in total. The van der Waals surface area contributed by atoms with E-state index in [2.05, 4.69) is 5.32 Å². The standard InChI is InChI=1S/C27H24ClN3O7S/c1-3-30(18-9-5-4-6-10-18)39(36,37)19-13-14-22(28)23(15-19)29-24(32)16-38-27(35)17(2)31-25(33)20-11-7-8-12-21(20)26(31)34/h4-15,17H,3,16H2,1-2H3,(H,29,32)/t17-/m1/s1. The van der Waals surface area contributed by atoms with Crippen molar-refractivity contribution < 1.29 is 32.3 Å². The monoisotopic (exact) mass is 569 g/mol. The van der Waals surface area contributed by atoms with Crippen LogP contribution in [0.25, 0.3) is 0 Å². The molecule has 0 spiro atoms. The number of nitrogens with one attached hydrogen (secondary N) is 1. The fraction of sp³-hybridized carbons (Fsp3) is 0.185. The van der Waals surface area contributed by atoms with Gasteiger partial charge in [-0.15, -0.1) is 0 Å². The zero-order valence-corrected chi connectivity index (χ0v) is 22.5. The van der Waals surface area contributed by atoms with E-state index in [4.69, 9.17) is 16.3 Å². The summed E-state index contributed by atoms with van der Waals surface area (Å²) < 4.78 is 32.9. The van der Waals surface area contributed by atoms with Gasteiger partial charge in [-0.05, 0) is 56.3 Å². The zero-order chi connectivity index (χ0) is 28.3. The molecule has 202 valence electrons. The van der Waals surface area contributed by atoms with E-state index in [1.54, 1.807) is 49.4 Å². The molecule has 0 unspecified atom stereocenters. The molecule has 10 nitrogen and oxygen atoms in total. The average molecular weight is 570 g/mol. The number of benzene rings is 3. The van der Waals surface area contributed by atoms with Crippen LogP contribution >= 0.6 is 11.6 Å². The molecule has 0 saturated heterocycles. The summed E-state index contributed by atoms with van der Waals surface area (Å²) in [6, 6.07) is 17.3. The molecule has 0 aliphatic carbocycles. The summed E-state index contributed by atoms with van der Waals surface area (Å²) in [7, 11) is -3.99. The summed E-state index contributed by atoms with van der Waals surface area (Å²) in [6.07, 6.45) is 0. The van der Waals surface area contributed by atoms with E-state index in [1.807, 2.05) is 0 Å². The SMILES string of the molecule is CCN(c1ccccc1)S(=O)(=O)c1ccc(Cl)c(NC(=O)COC(=O)[C@@H](C)N2C(=O)c3ccccc3C2=O)c1. The molecule has 3 amide bonds. The Kier molecular flexibility index (Phi) is 8.03. The minimum absolute atomic E-state index is 0.00342. The third-order valence-corrected chi connectivity index (χ3v) is 8.26. The summed E-state index contributed by atoms with van der Waals surface area (Å²) in [5.74, 6) is -3.04. The van der Waals surface area contributed by atoms with Crippen LogP contribution in [0.4, 0.5) is 11.4 Å². The molecule has 12 heteroatoms. The highest BCUT2D eigenvalue weighted by Crippen LogP contribution is 2.29. The predicted molar refractivity (Wildman–Crippen MR) is 144 cm³/mol. The number of esters is 1. The van der Waals surface area contributed by atoms with Gasteiger partial charge in [0.15, 0.2) is 6.61 Å². The Morgan fingerprint density at radius 1 is 0.974 bits per heavy atom. The Morgan fingerprint density at radius 3 is 2.15 bits per heavy atom. The minimum atomic E-state index is -3.99. The number of imide groups is 1. The van der Waals surface area contributed by atoms with Crippen LogP contribution in [0.2, 0.25) is 5.02 Å². The first-order chi connectivity index (χ1) is 18.6. The second-order valence-electron chi connectivity index (χ2n) is 8.50. The molecule has 39 heavy (non-hydrogen) atoms. The average Bonchev–Trinajstić information content (AvgIpc) is 3.18. The number of carbonyl (C=O) groups is 4. The first-order valence-corrected chi connectivity index (χ1v) is 13.7. The lowest BCUT2D eigenvalue weighted by Crippen LogP contribution is -2.44. The lowest BCUT2D eigenvalue weighted by atomic mass is 10.1. The molecule has 3 aromatic carbocycles. The smallest absolute Gasteiger partial charge is 0.329 e. The van der Waals surface area contributed by atoms with Crippen LogP contribution < -0.4 is 9.62 Å². The number of sulfonamides is 1. The Hall–Kier alpha value is -4.22. The van der Waals surface area contributed by atoms with Gasteiger partial charge in [0.25, 0.3) is 27.7 Å². The number of hydrogen-bond donors (Lipinski definition) is 1. The minimum Gasteiger partial charge on any atom is -0.454 e. The normalized spacial score (nSPS) is 13.6. The van der Waals surface area contributed by atoms with Gasteiger partial charge in [0.2, 0.25) is 0 Å². The fourth-order valence-corrected chi connectivity index (χ4v) is 5.75. The first kappa shape index (κ1) is 27.8. The van der Waals surface area contributed by atoms with E-state index in [-0.39, 0.29) is 33.3 Å². The molecular formula is C27H24ClN3O7S. The Labute approximate surface area is 230 Å². The number of fused-ring (bicyclic) bond motifs is 1. The maximum absolute atomic E-state index is 13.3. The molecule has 1 aliphatic heterocycles. The third-order valence-electron chi connectivity index (χ3n) is 6.03. The van der Waals surface area contributed by atoms with E-state index in [0.29, 0.717) is 5.69 Å². The number of hydrogen-bond acceptors (Lipinski definition) is 7. The molecule has 1 aliphatic rings. The molecule has 0 aromatic heterocycles. The summed E-state index contributed by atoms with van der Waals surface area (Å²) in [6.45, 7) is 2.42. The van der Waals surface area contributed by atoms with Crippen molar-refractivity contribution in [1.82, 2.24) is 4.90 Å². The van der Waals surface area contributed by atoms with Crippen LogP contribution in [-0.2, 0) is 24.3 Å². The van der Waals surface area contributed by atoms with Gasteiger partial charge in [0.1, 0.15) is 6.04 Å².